The number of hydrogen-bond donors (Lipinski definition) is 4. The molecule has 2 aromatic heterocycles. The zero-order valence-corrected chi connectivity index (χ0v) is 24.8. The number of pyridine rings is 1. The summed E-state index contributed by atoms with van der Waals surface area (Å²) < 4.78 is 10.9. The molecule has 0 aliphatic carbocycles. The first-order valence-corrected chi connectivity index (χ1v) is 13.9. The number of rotatable bonds is 8. The fourth-order valence-electron chi connectivity index (χ4n) is 4.75. The highest BCUT2D eigenvalue weighted by Gasteiger charge is 2.26. The van der Waals surface area contributed by atoms with Gasteiger partial charge in [0.15, 0.2) is 0 Å². The van der Waals surface area contributed by atoms with Gasteiger partial charge in [0, 0.05) is 79.5 Å². The van der Waals surface area contributed by atoms with Crippen molar-refractivity contribution in [3.05, 3.63) is 64.1 Å². The largest absolute Gasteiger partial charge is 0.495 e. The number of carbonyl (C=O) groups excluding carboxylic acids is 2. The smallest absolute Gasteiger partial charge is 0.410 e. The van der Waals surface area contributed by atoms with Gasteiger partial charge in [-0.15, -0.1) is 0 Å². The monoisotopic (exact) mass is 580 g/mol. The number of carbonyl (C=O) groups is 2. The van der Waals surface area contributed by atoms with E-state index in [1.165, 1.54) is 13.3 Å². The fourth-order valence-corrected chi connectivity index (χ4v) is 5.00. The summed E-state index contributed by atoms with van der Waals surface area (Å²) in [5.41, 5.74) is 3.81. The third-order valence-electron chi connectivity index (χ3n) is 6.93. The number of nitrogens with zero attached hydrogens (tertiary/aromatic N) is 2. The Kier molecular flexibility index (Phi) is 9.22. The van der Waals surface area contributed by atoms with Gasteiger partial charge in [-0.2, -0.15) is 0 Å². The first-order chi connectivity index (χ1) is 19.5. The molecule has 1 aromatic carbocycles. The molecule has 3 heterocycles. The second-order valence-corrected chi connectivity index (χ2v) is 11.4. The van der Waals surface area contributed by atoms with Crippen LogP contribution in [0.1, 0.15) is 60.7 Å². The van der Waals surface area contributed by atoms with E-state index in [0.29, 0.717) is 47.1 Å². The summed E-state index contributed by atoms with van der Waals surface area (Å²) in [5, 5.41) is 15.4. The second kappa shape index (κ2) is 12.6. The molecule has 4 rings (SSSR count). The maximum absolute atomic E-state index is 12.4. The molecule has 0 radical (unpaired) electrons. The number of halogens is 1. The average molecular weight is 581 g/mol. The predicted octanol–water partition coefficient (Wildman–Crippen LogP) is 5.15. The van der Waals surface area contributed by atoms with Gasteiger partial charge in [-0.25, -0.2) is 9.78 Å². The molecule has 0 spiro atoms. The van der Waals surface area contributed by atoms with Crippen molar-refractivity contribution in [2.45, 2.75) is 51.7 Å². The van der Waals surface area contributed by atoms with Gasteiger partial charge in [0.05, 0.1) is 12.1 Å². The Morgan fingerprint density at radius 2 is 1.93 bits per heavy atom. The van der Waals surface area contributed by atoms with Crippen molar-refractivity contribution in [3.8, 4) is 5.75 Å². The van der Waals surface area contributed by atoms with Crippen LogP contribution in [0, 0.1) is 5.41 Å². The number of piperidine rings is 1. The Hall–Kier alpha value is -4.05. The standard InChI is InChI=1S/C30H37ClN6O4/c1-30(2,3)41-29(39)37-8-6-23(7-9-37)34-17-22(14-32)20-12-24-21(16-36-27(24)35-15-20)11-18-10-19(28(38)33-4)13-25(40-5)26(18)31/h10,12-17,23,32,34H,6-9,11H2,1-5H3,(H,33,38)(H,35,36)/b22-17+,32-14?. The van der Waals surface area contributed by atoms with E-state index in [1.54, 1.807) is 30.3 Å². The highest BCUT2D eigenvalue weighted by Crippen LogP contribution is 2.33. The molecule has 4 N–H and O–H groups in total. The lowest BCUT2D eigenvalue weighted by molar-refractivity contribution is 0.0201. The molecule has 1 fully saturated rings. The SMILES string of the molecule is CNC(=O)c1cc(Cc2c[nH]c3ncc(/C(C=N)=C/NC4CCN(C(=O)OC(C)(C)C)CC4)cc23)c(Cl)c(OC)c1. The zero-order chi connectivity index (χ0) is 29.7. The van der Waals surface area contributed by atoms with Gasteiger partial charge in [0.1, 0.15) is 17.0 Å². The lowest BCUT2D eigenvalue weighted by atomic mass is 10.00. The van der Waals surface area contributed by atoms with E-state index in [1.807, 2.05) is 39.2 Å². The number of likely N-dealkylation sites (tertiary alicyclic amines) is 1. The van der Waals surface area contributed by atoms with Crippen LogP contribution in [0.4, 0.5) is 4.79 Å². The number of benzene rings is 1. The molecule has 1 aliphatic heterocycles. The van der Waals surface area contributed by atoms with Crippen LogP contribution in [0.3, 0.4) is 0 Å². The van der Waals surface area contributed by atoms with Gasteiger partial charge in [-0.1, -0.05) is 11.6 Å². The van der Waals surface area contributed by atoms with Gasteiger partial charge < -0.3 is 35.4 Å². The Balaban J connectivity index is 1.50. The van der Waals surface area contributed by atoms with Crippen LogP contribution in [0.2, 0.25) is 5.02 Å². The molecule has 1 saturated heterocycles. The topological polar surface area (TPSA) is 132 Å². The summed E-state index contributed by atoms with van der Waals surface area (Å²) in [4.78, 5) is 34.2. The quantitative estimate of drug-likeness (QED) is 0.272. The molecular formula is C30H37ClN6O4. The first kappa shape index (κ1) is 29.9. The van der Waals surface area contributed by atoms with Gasteiger partial charge in [-0.05, 0) is 62.9 Å². The number of H-pyrrole nitrogens is 1. The Labute approximate surface area is 245 Å². The number of methoxy groups -OCH3 is 1. The van der Waals surface area contributed by atoms with Gasteiger partial charge in [0.25, 0.3) is 5.91 Å². The lowest BCUT2D eigenvalue weighted by Crippen LogP contribution is -2.45. The maximum atomic E-state index is 12.4. The highest BCUT2D eigenvalue weighted by molar-refractivity contribution is 6.33. The zero-order valence-electron chi connectivity index (χ0n) is 24.1. The summed E-state index contributed by atoms with van der Waals surface area (Å²) in [6.07, 6.45) is 8.46. The number of aromatic nitrogens is 2. The van der Waals surface area contributed by atoms with E-state index in [0.717, 1.165) is 34.9 Å². The molecule has 2 amide bonds. The molecule has 1 aliphatic rings. The molecule has 41 heavy (non-hydrogen) atoms. The molecule has 0 atom stereocenters. The normalized spacial score (nSPS) is 14.6. The number of allylic oxidation sites excluding steroid dienone is 1. The Bertz CT molecular complexity index is 1470. The minimum Gasteiger partial charge on any atom is -0.495 e. The van der Waals surface area contributed by atoms with Crippen LogP contribution in [-0.2, 0) is 11.2 Å². The molecule has 0 bridgehead atoms. The third kappa shape index (κ3) is 7.18. The summed E-state index contributed by atoms with van der Waals surface area (Å²) >= 11 is 6.61. The van der Waals surface area contributed by atoms with E-state index in [-0.39, 0.29) is 18.0 Å². The van der Waals surface area contributed by atoms with Crippen molar-refractivity contribution >= 4 is 46.4 Å². The minimum atomic E-state index is -0.517. The van der Waals surface area contributed by atoms with E-state index >= 15 is 0 Å². The molecule has 11 heteroatoms. The van der Waals surface area contributed by atoms with Gasteiger partial charge in [-0.3, -0.25) is 4.79 Å². The van der Waals surface area contributed by atoms with Crippen LogP contribution in [-0.4, -0.2) is 72.0 Å². The second-order valence-electron chi connectivity index (χ2n) is 11.0. The van der Waals surface area contributed by atoms with Crippen LogP contribution in [0.15, 0.2) is 36.8 Å². The predicted molar refractivity (Wildman–Crippen MR) is 161 cm³/mol. The number of nitrogens with one attached hydrogen (secondary N) is 4. The van der Waals surface area contributed by atoms with Crippen molar-refractivity contribution in [1.29, 1.82) is 5.41 Å². The van der Waals surface area contributed by atoms with Crippen LogP contribution in [0.25, 0.3) is 16.6 Å². The summed E-state index contributed by atoms with van der Waals surface area (Å²) in [5.74, 6) is 0.200. The summed E-state index contributed by atoms with van der Waals surface area (Å²) in [6.45, 7) is 6.80. The van der Waals surface area contributed by atoms with Gasteiger partial charge in [0.2, 0.25) is 0 Å². The molecule has 10 nitrogen and oxygen atoms in total. The van der Waals surface area contributed by atoms with Crippen molar-refractivity contribution in [2.24, 2.45) is 0 Å². The molecular weight excluding hydrogens is 544 g/mol. The number of aromatic amines is 1. The summed E-state index contributed by atoms with van der Waals surface area (Å²) in [7, 11) is 3.09. The first-order valence-electron chi connectivity index (χ1n) is 13.5. The molecule has 0 unspecified atom stereocenters. The Morgan fingerprint density at radius 3 is 2.56 bits per heavy atom. The summed E-state index contributed by atoms with van der Waals surface area (Å²) in [6, 6.07) is 5.55. The number of hydrogen-bond acceptors (Lipinski definition) is 7. The van der Waals surface area contributed by atoms with E-state index in [4.69, 9.17) is 26.5 Å². The van der Waals surface area contributed by atoms with Crippen molar-refractivity contribution in [2.75, 3.05) is 27.2 Å². The van der Waals surface area contributed by atoms with Crippen molar-refractivity contribution in [3.63, 3.8) is 0 Å². The van der Waals surface area contributed by atoms with E-state index in [9.17, 15) is 9.59 Å². The number of fused-ring (bicyclic) bond motifs is 1. The minimum absolute atomic E-state index is 0.174. The third-order valence-corrected chi connectivity index (χ3v) is 7.36. The van der Waals surface area contributed by atoms with Crippen LogP contribution < -0.4 is 15.4 Å². The Morgan fingerprint density at radius 1 is 1.20 bits per heavy atom. The maximum Gasteiger partial charge on any atom is 0.410 e. The van der Waals surface area contributed by atoms with Crippen LogP contribution >= 0.6 is 11.6 Å². The molecule has 0 saturated carbocycles. The average Bonchev–Trinajstić information content (AvgIpc) is 3.35. The van der Waals surface area contributed by atoms with Gasteiger partial charge >= 0.3 is 6.09 Å². The fraction of sp³-hybridized carbons (Fsp3) is 0.400. The van der Waals surface area contributed by atoms with E-state index < -0.39 is 5.60 Å². The van der Waals surface area contributed by atoms with E-state index in [2.05, 4.69) is 20.6 Å². The molecule has 3 aromatic rings. The highest BCUT2D eigenvalue weighted by atomic mass is 35.5. The van der Waals surface area contributed by atoms with Crippen LogP contribution in [0.5, 0.6) is 5.75 Å². The molecule has 218 valence electrons. The lowest BCUT2D eigenvalue weighted by Gasteiger charge is -2.33. The van der Waals surface area contributed by atoms with Crippen molar-refractivity contribution < 1.29 is 19.1 Å². The number of ether oxygens (including phenoxy) is 2. The van der Waals surface area contributed by atoms with Crippen molar-refractivity contribution in [1.82, 2.24) is 25.5 Å². The number of amides is 2.